The molecule has 0 fully saturated rings. The third-order valence-electron chi connectivity index (χ3n) is 3.97. The van der Waals surface area contributed by atoms with E-state index in [0.29, 0.717) is 23.2 Å². The number of halogens is 3. The van der Waals surface area contributed by atoms with Crippen LogP contribution in [0.2, 0.25) is 15.2 Å². The van der Waals surface area contributed by atoms with Gasteiger partial charge in [-0.05, 0) is 11.6 Å². The fourth-order valence-corrected chi connectivity index (χ4v) is 3.46. The number of methoxy groups -OCH3 is 1. The lowest BCUT2D eigenvalue weighted by Gasteiger charge is -2.15. The van der Waals surface area contributed by atoms with E-state index in [0.717, 1.165) is 11.1 Å². The summed E-state index contributed by atoms with van der Waals surface area (Å²) in [5.41, 5.74) is 2.00. The quantitative estimate of drug-likeness (QED) is 0.578. The van der Waals surface area contributed by atoms with E-state index in [4.69, 9.17) is 44.3 Å². The SMILES string of the molecule is COc1cc2c3c(c(Cl)nc2c(Cl)c1Cl)CN(C(=O)COC(C)=O)C3. The smallest absolute Gasteiger partial charge is 0.303 e. The minimum atomic E-state index is -0.513. The first kappa shape index (κ1) is 18.0. The zero-order valence-corrected chi connectivity index (χ0v) is 15.6. The van der Waals surface area contributed by atoms with Crippen LogP contribution >= 0.6 is 34.8 Å². The van der Waals surface area contributed by atoms with Gasteiger partial charge >= 0.3 is 5.97 Å². The van der Waals surface area contributed by atoms with E-state index >= 15 is 0 Å². The van der Waals surface area contributed by atoms with Crippen molar-refractivity contribution in [3.05, 3.63) is 32.4 Å². The number of ether oxygens (including phenoxy) is 2. The number of aromatic nitrogens is 1. The summed E-state index contributed by atoms with van der Waals surface area (Å²) in [6.07, 6.45) is 0. The molecule has 3 rings (SSSR count). The molecule has 0 unspecified atom stereocenters. The number of carbonyl (C=O) groups is 2. The number of nitrogens with zero attached hydrogens (tertiary/aromatic N) is 2. The van der Waals surface area contributed by atoms with Crippen LogP contribution in [0, 0.1) is 0 Å². The third kappa shape index (κ3) is 3.21. The Morgan fingerprint density at radius 1 is 1.20 bits per heavy atom. The molecule has 25 heavy (non-hydrogen) atoms. The Morgan fingerprint density at radius 3 is 2.52 bits per heavy atom. The van der Waals surface area contributed by atoms with Gasteiger partial charge in [0.25, 0.3) is 5.91 Å². The number of esters is 1. The van der Waals surface area contributed by atoms with Gasteiger partial charge in [0.15, 0.2) is 6.61 Å². The first-order chi connectivity index (χ1) is 11.8. The topological polar surface area (TPSA) is 68.7 Å². The van der Waals surface area contributed by atoms with Crippen molar-refractivity contribution in [3.8, 4) is 5.75 Å². The molecule has 132 valence electrons. The number of amides is 1. The van der Waals surface area contributed by atoms with Crippen molar-refractivity contribution in [3.63, 3.8) is 0 Å². The van der Waals surface area contributed by atoms with Crippen LogP contribution in [0.25, 0.3) is 10.9 Å². The van der Waals surface area contributed by atoms with Gasteiger partial charge in [-0.3, -0.25) is 9.59 Å². The molecule has 9 heteroatoms. The average molecular weight is 404 g/mol. The highest BCUT2D eigenvalue weighted by Crippen LogP contribution is 2.42. The highest BCUT2D eigenvalue weighted by molar-refractivity contribution is 6.46. The maximum atomic E-state index is 12.2. The Kier molecular flexibility index (Phi) is 4.95. The summed E-state index contributed by atoms with van der Waals surface area (Å²) in [5, 5.41) is 1.47. The van der Waals surface area contributed by atoms with Crippen LogP contribution in [0.3, 0.4) is 0 Å². The van der Waals surface area contributed by atoms with Gasteiger partial charge < -0.3 is 14.4 Å². The maximum Gasteiger partial charge on any atom is 0.303 e. The molecule has 0 bridgehead atoms. The second kappa shape index (κ2) is 6.86. The summed E-state index contributed by atoms with van der Waals surface area (Å²) in [5.74, 6) is -0.417. The molecule has 1 amide bonds. The van der Waals surface area contributed by atoms with Crippen molar-refractivity contribution in [2.45, 2.75) is 20.0 Å². The van der Waals surface area contributed by atoms with Gasteiger partial charge in [0.05, 0.1) is 17.6 Å². The van der Waals surface area contributed by atoms with Crippen LogP contribution in [-0.2, 0) is 27.4 Å². The molecule has 0 atom stereocenters. The van der Waals surface area contributed by atoms with Crippen LogP contribution in [0.5, 0.6) is 5.75 Å². The predicted octanol–water partition coefficient (Wildman–Crippen LogP) is 3.61. The molecule has 2 heterocycles. The minimum Gasteiger partial charge on any atom is -0.495 e. The first-order valence-corrected chi connectivity index (χ1v) is 8.41. The zero-order chi connectivity index (χ0) is 18.3. The van der Waals surface area contributed by atoms with Crippen LogP contribution in [0.1, 0.15) is 18.1 Å². The number of carbonyl (C=O) groups excluding carboxylic acids is 2. The Labute approximate surface area is 158 Å². The summed E-state index contributed by atoms with van der Waals surface area (Å²) in [6.45, 7) is 1.51. The fraction of sp³-hybridized carbons (Fsp3) is 0.312. The molecule has 2 aromatic rings. The number of hydrogen-bond acceptors (Lipinski definition) is 5. The lowest BCUT2D eigenvalue weighted by Crippen LogP contribution is -2.29. The fourth-order valence-electron chi connectivity index (χ4n) is 2.74. The predicted molar refractivity (Wildman–Crippen MR) is 94.2 cm³/mol. The number of benzene rings is 1. The third-order valence-corrected chi connectivity index (χ3v) is 5.12. The molecule has 0 aliphatic carbocycles. The van der Waals surface area contributed by atoms with Gasteiger partial charge in [0, 0.05) is 31.0 Å². The van der Waals surface area contributed by atoms with Crippen molar-refractivity contribution in [2.24, 2.45) is 0 Å². The van der Waals surface area contributed by atoms with Gasteiger partial charge in [-0.2, -0.15) is 0 Å². The highest BCUT2D eigenvalue weighted by Gasteiger charge is 2.29. The van der Waals surface area contributed by atoms with E-state index < -0.39 is 5.97 Å². The summed E-state index contributed by atoms with van der Waals surface area (Å²) in [6, 6.07) is 1.73. The standard InChI is InChI=1S/C16H13Cl3N2O4/c1-7(22)25-6-12(23)21-4-9-8-3-11(24-2)13(17)14(18)15(8)20-16(19)10(9)5-21/h3H,4-6H2,1-2H3. The van der Waals surface area contributed by atoms with E-state index in [1.807, 2.05) is 0 Å². The highest BCUT2D eigenvalue weighted by atomic mass is 35.5. The van der Waals surface area contributed by atoms with Gasteiger partial charge in [-0.1, -0.05) is 34.8 Å². The molecule has 0 radical (unpaired) electrons. The van der Waals surface area contributed by atoms with Crippen LogP contribution in [0.15, 0.2) is 6.07 Å². The lowest BCUT2D eigenvalue weighted by atomic mass is 10.1. The molecule has 0 spiro atoms. The van der Waals surface area contributed by atoms with Crippen molar-refractivity contribution in [1.29, 1.82) is 0 Å². The molecule has 0 N–H and O–H groups in total. The second-order valence-corrected chi connectivity index (χ2v) is 6.61. The zero-order valence-electron chi connectivity index (χ0n) is 13.4. The van der Waals surface area contributed by atoms with Gasteiger partial charge in [-0.15, -0.1) is 0 Å². The molecular formula is C16H13Cl3N2O4. The Morgan fingerprint density at radius 2 is 1.88 bits per heavy atom. The summed E-state index contributed by atoms with van der Waals surface area (Å²) >= 11 is 18.7. The van der Waals surface area contributed by atoms with Gasteiger partial charge in [0.1, 0.15) is 15.9 Å². The summed E-state index contributed by atoms with van der Waals surface area (Å²) in [4.78, 5) is 29.0. The van der Waals surface area contributed by atoms with E-state index in [1.54, 1.807) is 6.07 Å². The summed E-state index contributed by atoms with van der Waals surface area (Å²) < 4.78 is 10.0. The van der Waals surface area contributed by atoms with Crippen molar-refractivity contribution >= 4 is 57.6 Å². The molecule has 0 saturated heterocycles. The molecule has 1 aromatic heterocycles. The second-order valence-electron chi connectivity index (χ2n) is 5.49. The number of pyridine rings is 1. The summed E-state index contributed by atoms with van der Waals surface area (Å²) in [7, 11) is 1.49. The molecule has 1 aliphatic heterocycles. The van der Waals surface area contributed by atoms with Crippen molar-refractivity contribution in [1.82, 2.24) is 9.88 Å². The molecule has 6 nitrogen and oxygen atoms in total. The maximum absolute atomic E-state index is 12.2. The normalized spacial score (nSPS) is 13.1. The Hall–Kier alpha value is -1.76. The largest absolute Gasteiger partial charge is 0.495 e. The van der Waals surface area contributed by atoms with Crippen LogP contribution in [-0.4, -0.2) is 35.5 Å². The van der Waals surface area contributed by atoms with E-state index in [1.165, 1.54) is 18.9 Å². The van der Waals surface area contributed by atoms with E-state index in [9.17, 15) is 9.59 Å². The van der Waals surface area contributed by atoms with Crippen LogP contribution in [0.4, 0.5) is 0 Å². The van der Waals surface area contributed by atoms with Crippen molar-refractivity contribution < 1.29 is 19.1 Å². The molecular weight excluding hydrogens is 391 g/mol. The number of hydrogen-bond donors (Lipinski definition) is 0. The first-order valence-electron chi connectivity index (χ1n) is 7.27. The minimum absolute atomic E-state index is 0.241. The van der Waals surface area contributed by atoms with Gasteiger partial charge in [0.2, 0.25) is 0 Å². The molecule has 1 aliphatic rings. The monoisotopic (exact) mass is 402 g/mol. The lowest BCUT2D eigenvalue weighted by molar-refractivity contribution is -0.150. The number of fused-ring (bicyclic) bond motifs is 3. The van der Waals surface area contributed by atoms with Crippen LogP contribution < -0.4 is 4.74 Å². The Bertz CT molecular complexity index is 901. The number of rotatable bonds is 3. The Balaban J connectivity index is 2.04. The van der Waals surface area contributed by atoms with Crippen molar-refractivity contribution in [2.75, 3.05) is 13.7 Å². The van der Waals surface area contributed by atoms with E-state index in [2.05, 4.69) is 4.98 Å². The average Bonchev–Trinajstić information content (AvgIpc) is 3.03. The van der Waals surface area contributed by atoms with Gasteiger partial charge in [-0.25, -0.2) is 4.98 Å². The molecule has 1 aromatic carbocycles. The van der Waals surface area contributed by atoms with E-state index in [-0.39, 0.29) is 34.3 Å². The molecule has 0 saturated carbocycles.